The summed E-state index contributed by atoms with van der Waals surface area (Å²) < 4.78 is 1.09. The molecule has 0 fully saturated rings. The van der Waals surface area contributed by atoms with Crippen LogP contribution in [0.2, 0.25) is 0 Å². The molecule has 0 atom stereocenters. The Kier molecular flexibility index (Phi) is 5.82. The van der Waals surface area contributed by atoms with Crippen LogP contribution >= 0.6 is 15.9 Å². The van der Waals surface area contributed by atoms with Crippen molar-refractivity contribution in [2.24, 2.45) is 0 Å². The van der Waals surface area contributed by atoms with Crippen molar-refractivity contribution in [3.05, 3.63) is 34.3 Å². The van der Waals surface area contributed by atoms with E-state index in [9.17, 15) is 4.79 Å². The molecule has 1 aromatic rings. The first kappa shape index (κ1) is 15.2. The average Bonchev–Trinajstić information content (AvgIpc) is 2.24. The lowest BCUT2D eigenvalue weighted by molar-refractivity contribution is -0.122. The second kappa shape index (κ2) is 6.90. The zero-order valence-corrected chi connectivity index (χ0v) is 12.8. The van der Waals surface area contributed by atoms with Crippen LogP contribution in [-0.4, -0.2) is 18.0 Å². The molecular formula is C14H21BrN2O. The molecule has 0 aliphatic heterocycles. The predicted molar refractivity (Wildman–Crippen MR) is 78.4 cm³/mol. The predicted octanol–water partition coefficient (Wildman–Crippen LogP) is 2.84. The number of hydrogen-bond acceptors (Lipinski definition) is 2. The lowest BCUT2D eigenvalue weighted by Crippen LogP contribution is -2.41. The molecule has 0 aliphatic carbocycles. The molecule has 1 aromatic carbocycles. The van der Waals surface area contributed by atoms with Crippen LogP contribution in [0.1, 0.15) is 32.8 Å². The molecule has 2 N–H and O–H groups in total. The van der Waals surface area contributed by atoms with E-state index in [-0.39, 0.29) is 11.4 Å². The summed E-state index contributed by atoms with van der Waals surface area (Å²) in [5, 5.41) is 6.21. The summed E-state index contributed by atoms with van der Waals surface area (Å²) >= 11 is 3.50. The van der Waals surface area contributed by atoms with Crippen molar-refractivity contribution in [3.63, 3.8) is 0 Å². The van der Waals surface area contributed by atoms with Gasteiger partial charge in [0.2, 0.25) is 5.91 Å². The highest BCUT2D eigenvalue weighted by Gasteiger charge is 2.12. The monoisotopic (exact) mass is 312 g/mol. The minimum absolute atomic E-state index is 0.0853. The lowest BCUT2D eigenvalue weighted by Gasteiger charge is -2.20. The zero-order valence-electron chi connectivity index (χ0n) is 11.2. The Morgan fingerprint density at radius 2 is 1.94 bits per heavy atom. The third-order valence-electron chi connectivity index (χ3n) is 2.32. The summed E-state index contributed by atoms with van der Waals surface area (Å²) in [7, 11) is 0. The second-order valence-corrected chi connectivity index (χ2v) is 6.17. The molecule has 100 valence electrons. The second-order valence-electron chi connectivity index (χ2n) is 5.32. The quantitative estimate of drug-likeness (QED) is 0.821. The third kappa shape index (κ3) is 6.17. The maximum absolute atomic E-state index is 11.6. The molecule has 3 nitrogen and oxygen atoms in total. The van der Waals surface area contributed by atoms with E-state index < -0.39 is 0 Å². The van der Waals surface area contributed by atoms with E-state index in [0.29, 0.717) is 13.0 Å². The van der Waals surface area contributed by atoms with E-state index in [0.717, 1.165) is 11.0 Å². The van der Waals surface area contributed by atoms with Gasteiger partial charge in [-0.05, 0) is 32.4 Å². The number of amides is 1. The van der Waals surface area contributed by atoms with E-state index in [1.165, 1.54) is 5.56 Å². The van der Waals surface area contributed by atoms with Gasteiger partial charge >= 0.3 is 0 Å². The molecular weight excluding hydrogens is 292 g/mol. The molecule has 0 unspecified atom stereocenters. The topological polar surface area (TPSA) is 41.1 Å². The van der Waals surface area contributed by atoms with Crippen LogP contribution in [0.4, 0.5) is 0 Å². The van der Waals surface area contributed by atoms with Crippen molar-refractivity contribution in [2.75, 3.05) is 6.54 Å². The molecule has 0 bridgehead atoms. The first-order valence-corrected chi connectivity index (χ1v) is 6.93. The molecule has 0 saturated heterocycles. The number of hydrogen-bond donors (Lipinski definition) is 2. The fourth-order valence-corrected chi connectivity index (χ4v) is 1.97. The maximum Gasteiger partial charge on any atom is 0.221 e. The van der Waals surface area contributed by atoms with Gasteiger partial charge in [-0.25, -0.2) is 0 Å². The number of rotatable bonds is 5. The summed E-state index contributed by atoms with van der Waals surface area (Å²) in [6.07, 6.45) is 0.502. The van der Waals surface area contributed by atoms with Gasteiger partial charge in [0.25, 0.3) is 0 Å². The van der Waals surface area contributed by atoms with E-state index in [4.69, 9.17) is 0 Å². The average molecular weight is 313 g/mol. The van der Waals surface area contributed by atoms with Gasteiger partial charge in [0.1, 0.15) is 0 Å². The van der Waals surface area contributed by atoms with Gasteiger partial charge < -0.3 is 10.6 Å². The van der Waals surface area contributed by atoms with Crippen LogP contribution in [0.15, 0.2) is 28.7 Å². The SMILES string of the molecule is CC(C)(C)NC(=O)CCNCc1ccccc1Br. The Morgan fingerprint density at radius 3 is 2.56 bits per heavy atom. The van der Waals surface area contributed by atoms with Gasteiger partial charge in [0, 0.05) is 29.5 Å². The van der Waals surface area contributed by atoms with Crippen LogP contribution < -0.4 is 10.6 Å². The fraction of sp³-hybridized carbons (Fsp3) is 0.500. The Labute approximate surface area is 117 Å². The highest BCUT2D eigenvalue weighted by molar-refractivity contribution is 9.10. The normalized spacial score (nSPS) is 11.3. The van der Waals surface area contributed by atoms with Gasteiger partial charge in [-0.1, -0.05) is 34.1 Å². The molecule has 0 heterocycles. The minimum Gasteiger partial charge on any atom is -0.351 e. The Bertz CT molecular complexity index is 399. The molecule has 0 radical (unpaired) electrons. The Balaban J connectivity index is 2.23. The van der Waals surface area contributed by atoms with Crippen LogP contribution in [-0.2, 0) is 11.3 Å². The summed E-state index contributed by atoms with van der Waals surface area (Å²) in [5.74, 6) is 0.0853. The highest BCUT2D eigenvalue weighted by Crippen LogP contribution is 2.15. The van der Waals surface area contributed by atoms with Gasteiger partial charge in [0.15, 0.2) is 0 Å². The molecule has 1 amide bonds. The standard InChI is InChI=1S/C14H21BrN2O/c1-14(2,3)17-13(18)8-9-16-10-11-6-4-5-7-12(11)15/h4-7,16H,8-10H2,1-3H3,(H,17,18). The van der Waals surface area contributed by atoms with Crippen LogP contribution in [0.5, 0.6) is 0 Å². The van der Waals surface area contributed by atoms with Gasteiger partial charge in [0.05, 0.1) is 0 Å². The summed E-state index contributed by atoms with van der Waals surface area (Å²) in [6, 6.07) is 8.08. The van der Waals surface area contributed by atoms with Gasteiger partial charge in [-0.2, -0.15) is 0 Å². The van der Waals surface area contributed by atoms with E-state index in [2.05, 4.69) is 32.6 Å². The van der Waals surface area contributed by atoms with E-state index >= 15 is 0 Å². The first-order valence-electron chi connectivity index (χ1n) is 6.13. The van der Waals surface area contributed by atoms with Crippen molar-refractivity contribution in [1.82, 2.24) is 10.6 Å². The maximum atomic E-state index is 11.6. The van der Waals surface area contributed by atoms with Crippen molar-refractivity contribution < 1.29 is 4.79 Å². The first-order chi connectivity index (χ1) is 8.38. The van der Waals surface area contributed by atoms with Crippen LogP contribution in [0.3, 0.4) is 0 Å². The van der Waals surface area contributed by atoms with Gasteiger partial charge in [-0.3, -0.25) is 4.79 Å². The molecule has 0 aromatic heterocycles. The molecule has 0 spiro atoms. The summed E-state index contributed by atoms with van der Waals surface area (Å²) in [5.41, 5.74) is 1.05. The molecule has 4 heteroatoms. The fourth-order valence-electron chi connectivity index (χ4n) is 1.55. The molecule has 0 saturated carbocycles. The molecule has 0 aliphatic rings. The smallest absolute Gasteiger partial charge is 0.221 e. The lowest BCUT2D eigenvalue weighted by atomic mass is 10.1. The van der Waals surface area contributed by atoms with Gasteiger partial charge in [-0.15, -0.1) is 0 Å². The van der Waals surface area contributed by atoms with Crippen molar-refractivity contribution >= 4 is 21.8 Å². The largest absolute Gasteiger partial charge is 0.351 e. The van der Waals surface area contributed by atoms with Crippen molar-refractivity contribution in [1.29, 1.82) is 0 Å². The number of carbonyl (C=O) groups is 1. The minimum atomic E-state index is -0.153. The van der Waals surface area contributed by atoms with Crippen molar-refractivity contribution in [3.8, 4) is 0 Å². The number of halogens is 1. The van der Waals surface area contributed by atoms with Crippen LogP contribution in [0, 0.1) is 0 Å². The number of carbonyl (C=O) groups excluding carboxylic acids is 1. The number of nitrogens with one attached hydrogen (secondary N) is 2. The number of benzene rings is 1. The highest BCUT2D eigenvalue weighted by atomic mass is 79.9. The molecule has 1 rings (SSSR count). The Morgan fingerprint density at radius 1 is 1.28 bits per heavy atom. The van der Waals surface area contributed by atoms with E-state index in [1.807, 2.05) is 39.0 Å². The zero-order chi connectivity index (χ0) is 13.6. The van der Waals surface area contributed by atoms with E-state index in [1.54, 1.807) is 0 Å². The summed E-state index contributed by atoms with van der Waals surface area (Å²) in [4.78, 5) is 11.6. The molecule has 18 heavy (non-hydrogen) atoms. The van der Waals surface area contributed by atoms with Crippen LogP contribution in [0.25, 0.3) is 0 Å². The van der Waals surface area contributed by atoms with Crippen molar-refractivity contribution in [2.45, 2.75) is 39.3 Å². The third-order valence-corrected chi connectivity index (χ3v) is 3.09. The summed E-state index contributed by atoms with van der Waals surface area (Å²) in [6.45, 7) is 7.41. The Hall–Kier alpha value is -0.870.